The van der Waals surface area contributed by atoms with Gasteiger partial charge >= 0.3 is 0 Å². The van der Waals surface area contributed by atoms with Crippen LogP contribution in [0.5, 0.6) is 5.75 Å². The van der Waals surface area contributed by atoms with Gasteiger partial charge in [-0.1, -0.05) is 12.1 Å². The van der Waals surface area contributed by atoms with Crippen LogP contribution in [0, 0.1) is 6.92 Å². The van der Waals surface area contributed by atoms with Crippen molar-refractivity contribution in [3.8, 4) is 5.75 Å². The fraction of sp³-hybridized carbons (Fsp3) is 0.250. The van der Waals surface area contributed by atoms with Gasteiger partial charge < -0.3 is 10.1 Å². The number of aromatic nitrogens is 2. The molecule has 1 amide bonds. The second kappa shape index (κ2) is 6.19. The maximum atomic E-state index is 12.1. The molecule has 0 aliphatic rings. The van der Waals surface area contributed by atoms with Crippen LogP contribution in [-0.4, -0.2) is 28.9 Å². The van der Waals surface area contributed by atoms with Crippen LogP contribution in [0.1, 0.15) is 21.7 Å². The number of carbonyl (C=O) groups is 1. The van der Waals surface area contributed by atoms with Gasteiger partial charge in [0.1, 0.15) is 11.4 Å². The monoisotopic (exact) mass is 315 g/mol. The summed E-state index contributed by atoms with van der Waals surface area (Å²) in [5, 5.41) is 4.93. The van der Waals surface area contributed by atoms with Crippen LogP contribution in [0.2, 0.25) is 0 Å². The zero-order chi connectivity index (χ0) is 15.5. The Labute approximate surface area is 132 Å². The smallest absolute Gasteiger partial charge is 0.271 e. The Morgan fingerprint density at radius 3 is 2.82 bits per heavy atom. The molecule has 0 bridgehead atoms. The van der Waals surface area contributed by atoms with Gasteiger partial charge in [-0.15, -0.1) is 11.3 Å². The molecule has 0 aliphatic carbocycles. The van der Waals surface area contributed by atoms with Gasteiger partial charge in [0.05, 0.1) is 7.11 Å². The third kappa shape index (κ3) is 2.96. The number of hydrogen-bond acceptors (Lipinski definition) is 4. The topological polar surface area (TPSA) is 55.6 Å². The number of rotatable bonds is 5. The largest absolute Gasteiger partial charge is 0.497 e. The lowest BCUT2D eigenvalue weighted by Gasteiger charge is -2.05. The lowest BCUT2D eigenvalue weighted by Crippen LogP contribution is -2.26. The van der Waals surface area contributed by atoms with E-state index in [0.29, 0.717) is 12.2 Å². The molecule has 0 aliphatic heterocycles. The second-order valence-electron chi connectivity index (χ2n) is 5.01. The van der Waals surface area contributed by atoms with Crippen LogP contribution in [0.3, 0.4) is 0 Å². The fourth-order valence-electron chi connectivity index (χ4n) is 2.21. The number of hydrogen-bond donors (Lipinski definition) is 1. The van der Waals surface area contributed by atoms with Gasteiger partial charge in [-0.05, 0) is 31.0 Å². The minimum absolute atomic E-state index is 0.135. The summed E-state index contributed by atoms with van der Waals surface area (Å²) in [7, 11) is 1.65. The number of methoxy groups -OCH3 is 1. The predicted octanol–water partition coefficient (Wildman–Crippen LogP) is 2.69. The Morgan fingerprint density at radius 2 is 2.14 bits per heavy atom. The van der Waals surface area contributed by atoms with Crippen molar-refractivity contribution in [1.82, 2.24) is 14.7 Å². The van der Waals surface area contributed by atoms with Gasteiger partial charge in [0.2, 0.25) is 0 Å². The Bertz CT molecular complexity index is 789. The van der Waals surface area contributed by atoms with Crippen LogP contribution in [0.25, 0.3) is 4.96 Å². The summed E-state index contributed by atoms with van der Waals surface area (Å²) < 4.78 is 7.05. The molecule has 1 aromatic carbocycles. The number of fused-ring (bicyclic) bond motifs is 1. The molecule has 22 heavy (non-hydrogen) atoms. The fourth-order valence-corrected chi connectivity index (χ4v) is 3.06. The number of aryl methyl sites for hydroxylation is 1. The summed E-state index contributed by atoms with van der Waals surface area (Å²) in [5.74, 6) is 0.699. The van der Waals surface area contributed by atoms with E-state index >= 15 is 0 Å². The number of amides is 1. The van der Waals surface area contributed by atoms with E-state index in [4.69, 9.17) is 4.74 Å². The zero-order valence-electron chi connectivity index (χ0n) is 12.5. The molecule has 0 saturated heterocycles. The summed E-state index contributed by atoms with van der Waals surface area (Å²) in [6.07, 6.45) is 2.56. The van der Waals surface area contributed by atoms with Crippen LogP contribution in [0.15, 0.2) is 35.8 Å². The molecule has 114 valence electrons. The lowest BCUT2D eigenvalue weighted by atomic mass is 10.1. The van der Waals surface area contributed by atoms with Crippen LogP contribution < -0.4 is 10.1 Å². The number of carbonyl (C=O) groups excluding carboxylic acids is 1. The summed E-state index contributed by atoms with van der Waals surface area (Å²) in [5.41, 5.74) is 2.71. The Hall–Kier alpha value is -2.34. The first kappa shape index (κ1) is 14.6. The molecule has 0 spiro atoms. The zero-order valence-corrected chi connectivity index (χ0v) is 13.3. The number of imidazole rings is 1. The highest BCUT2D eigenvalue weighted by atomic mass is 32.1. The number of nitrogens with one attached hydrogen (secondary N) is 1. The molecule has 0 unspecified atom stereocenters. The average molecular weight is 315 g/mol. The van der Waals surface area contributed by atoms with E-state index in [9.17, 15) is 4.79 Å². The molecule has 3 aromatic rings. The minimum Gasteiger partial charge on any atom is -0.497 e. The summed E-state index contributed by atoms with van der Waals surface area (Å²) >= 11 is 1.54. The molecule has 1 N–H and O–H groups in total. The quantitative estimate of drug-likeness (QED) is 0.787. The van der Waals surface area contributed by atoms with Crippen molar-refractivity contribution in [2.45, 2.75) is 13.3 Å². The van der Waals surface area contributed by atoms with Crippen LogP contribution >= 0.6 is 11.3 Å². The Morgan fingerprint density at radius 1 is 1.36 bits per heavy atom. The molecular weight excluding hydrogens is 298 g/mol. The van der Waals surface area contributed by atoms with Crippen molar-refractivity contribution >= 4 is 22.2 Å². The van der Waals surface area contributed by atoms with Crippen molar-refractivity contribution in [3.05, 3.63) is 52.8 Å². The second-order valence-corrected chi connectivity index (χ2v) is 5.85. The van der Waals surface area contributed by atoms with Gasteiger partial charge in [-0.25, -0.2) is 4.98 Å². The SMILES string of the molecule is COc1ccc(CCNC(=O)c2cn3c(C)csc3n2)cc1. The van der Waals surface area contributed by atoms with E-state index in [1.54, 1.807) is 13.3 Å². The number of nitrogens with zero attached hydrogens (tertiary/aromatic N) is 2. The Balaban J connectivity index is 1.57. The van der Waals surface area contributed by atoms with E-state index in [0.717, 1.165) is 28.4 Å². The van der Waals surface area contributed by atoms with Crippen molar-refractivity contribution in [2.24, 2.45) is 0 Å². The van der Waals surface area contributed by atoms with Gasteiger partial charge in [-0.3, -0.25) is 9.20 Å². The van der Waals surface area contributed by atoms with E-state index in [-0.39, 0.29) is 5.91 Å². The van der Waals surface area contributed by atoms with Crippen LogP contribution in [-0.2, 0) is 6.42 Å². The highest BCUT2D eigenvalue weighted by Gasteiger charge is 2.12. The first-order valence-electron chi connectivity index (χ1n) is 7.01. The van der Waals surface area contributed by atoms with Crippen molar-refractivity contribution in [1.29, 1.82) is 0 Å². The standard InChI is InChI=1S/C16H17N3O2S/c1-11-10-22-16-18-14(9-19(11)16)15(20)17-8-7-12-3-5-13(21-2)6-4-12/h3-6,9-10H,7-8H2,1-2H3,(H,17,20). The minimum atomic E-state index is -0.135. The summed E-state index contributed by atoms with van der Waals surface area (Å²) in [4.78, 5) is 17.3. The van der Waals surface area contributed by atoms with Gasteiger partial charge in [-0.2, -0.15) is 0 Å². The van der Waals surface area contributed by atoms with Crippen molar-refractivity contribution in [3.63, 3.8) is 0 Å². The van der Waals surface area contributed by atoms with E-state index in [1.807, 2.05) is 41.0 Å². The maximum Gasteiger partial charge on any atom is 0.271 e. The van der Waals surface area contributed by atoms with Crippen LogP contribution in [0.4, 0.5) is 0 Å². The average Bonchev–Trinajstić information content (AvgIpc) is 3.10. The molecule has 5 nitrogen and oxygen atoms in total. The first-order valence-corrected chi connectivity index (χ1v) is 7.89. The van der Waals surface area contributed by atoms with Crippen molar-refractivity contribution < 1.29 is 9.53 Å². The normalized spacial score (nSPS) is 10.8. The van der Waals surface area contributed by atoms with Gasteiger partial charge in [0.25, 0.3) is 5.91 Å². The molecule has 6 heteroatoms. The maximum absolute atomic E-state index is 12.1. The van der Waals surface area contributed by atoms with E-state index in [1.165, 1.54) is 11.3 Å². The van der Waals surface area contributed by atoms with E-state index < -0.39 is 0 Å². The molecule has 0 fully saturated rings. The van der Waals surface area contributed by atoms with Gasteiger partial charge in [0.15, 0.2) is 4.96 Å². The predicted molar refractivity (Wildman–Crippen MR) is 86.8 cm³/mol. The molecule has 0 saturated carbocycles. The molecular formula is C16H17N3O2S. The molecule has 0 atom stereocenters. The van der Waals surface area contributed by atoms with Gasteiger partial charge in [0, 0.05) is 23.8 Å². The highest BCUT2D eigenvalue weighted by molar-refractivity contribution is 7.15. The molecule has 3 rings (SSSR count). The number of thiazole rings is 1. The summed E-state index contributed by atoms with van der Waals surface area (Å²) in [6, 6.07) is 7.84. The Kier molecular flexibility index (Phi) is 4.11. The number of ether oxygens (including phenoxy) is 1. The third-order valence-electron chi connectivity index (χ3n) is 3.48. The molecule has 0 radical (unpaired) electrons. The lowest BCUT2D eigenvalue weighted by molar-refractivity contribution is 0.0950. The van der Waals surface area contributed by atoms with E-state index in [2.05, 4.69) is 10.3 Å². The summed E-state index contributed by atoms with van der Waals surface area (Å²) in [6.45, 7) is 2.58. The molecule has 2 aromatic heterocycles. The highest BCUT2D eigenvalue weighted by Crippen LogP contribution is 2.15. The molecule has 2 heterocycles. The number of benzene rings is 1. The first-order chi connectivity index (χ1) is 10.7. The van der Waals surface area contributed by atoms with Crippen molar-refractivity contribution in [2.75, 3.05) is 13.7 Å². The third-order valence-corrected chi connectivity index (χ3v) is 4.44.